The highest BCUT2D eigenvalue weighted by Crippen LogP contribution is 2.36. The average molecular weight is 346 g/mol. The lowest BCUT2D eigenvalue weighted by atomic mass is 10.0. The number of nitrogens with zero attached hydrogens (tertiary/aromatic N) is 2. The molecule has 0 aliphatic carbocycles. The molecule has 1 aromatic heterocycles. The maximum atomic E-state index is 13.5. The van der Waals surface area contributed by atoms with E-state index in [2.05, 4.69) is 21.0 Å². The van der Waals surface area contributed by atoms with Gasteiger partial charge in [-0.1, -0.05) is 40.2 Å². The van der Waals surface area contributed by atoms with Crippen molar-refractivity contribution in [1.82, 2.24) is 9.78 Å². The van der Waals surface area contributed by atoms with Crippen molar-refractivity contribution in [2.45, 2.75) is 0 Å². The Morgan fingerprint density at radius 1 is 1.10 bits per heavy atom. The molecular formula is C16H13BrFN3. The second kappa shape index (κ2) is 5.33. The van der Waals surface area contributed by atoms with Gasteiger partial charge in [0.25, 0.3) is 0 Å². The van der Waals surface area contributed by atoms with Crippen LogP contribution in [0, 0.1) is 5.82 Å². The average Bonchev–Trinajstić information content (AvgIpc) is 2.76. The third kappa shape index (κ3) is 2.56. The van der Waals surface area contributed by atoms with Crippen LogP contribution in [0.3, 0.4) is 0 Å². The van der Waals surface area contributed by atoms with Gasteiger partial charge in [-0.15, -0.1) is 0 Å². The van der Waals surface area contributed by atoms with E-state index in [1.807, 2.05) is 30.3 Å². The van der Waals surface area contributed by atoms with Gasteiger partial charge in [-0.05, 0) is 29.8 Å². The van der Waals surface area contributed by atoms with Gasteiger partial charge < -0.3 is 5.73 Å². The molecule has 0 saturated heterocycles. The number of hydrogen-bond acceptors (Lipinski definition) is 2. The van der Waals surface area contributed by atoms with Crippen LogP contribution < -0.4 is 5.73 Å². The number of nitrogens with two attached hydrogens (primary N) is 1. The van der Waals surface area contributed by atoms with Crippen LogP contribution in [0.4, 0.5) is 10.2 Å². The van der Waals surface area contributed by atoms with Gasteiger partial charge in [-0.25, -0.2) is 4.39 Å². The Bertz CT molecular complexity index is 794. The number of aromatic nitrogens is 2. The van der Waals surface area contributed by atoms with Gasteiger partial charge in [0, 0.05) is 17.1 Å². The molecule has 106 valence electrons. The molecule has 0 aliphatic rings. The van der Waals surface area contributed by atoms with E-state index in [1.54, 1.807) is 17.8 Å². The third-order valence-electron chi connectivity index (χ3n) is 3.32. The fraction of sp³-hybridized carbons (Fsp3) is 0.0625. The first-order valence-electron chi connectivity index (χ1n) is 6.40. The van der Waals surface area contributed by atoms with Crippen molar-refractivity contribution in [1.29, 1.82) is 0 Å². The molecular weight excluding hydrogens is 333 g/mol. The van der Waals surface area contributed by atoms with E-state index >= 15 is 0 Å². The van der Waals surface area contributed by atoms with Crippen LogP contribution in [0.5, 0.6) is 0 Å². The monoisotopic (exact) mass is 345 g/mol. The summed E-state index contributed by atoms with van der Waals surface area (Å²) < 4.78 is 16.1. The van der Waals surface area contributed by atoms with Gasteiger partial charge in [0.05, 0.1) is 5.56 Å². The van der Waals surface area contributed by atoms with Gasteiger partial charge in [0.15, 0.2) is 0 Å². The van der Waals surface area contributed by atoms with Gasteiger partial charge in [0.1, 0.15) is 17.3 Å². The van der Waals surface area contributed by atoms with Crippen LogP contribution in [0.1, 0.15) is 0 Å². The summed E-state index contributed by atoms with van der Waals surface area (Å²) in [5.74, 6) is 0.259. The molecule has 2 N–H and O–H groups in total. The Balaban J connectivity index is 2.23. The fourth-order valence-electron chi connectivity index (χ4n) is 2.28. The maximum Gasteiger partial charge on any atom is 0.129 e. The molecule has 0 fully saturated rings. The highest BCUT2D eigenvalue weighted by atomic mass is 79.9. The summed E-state index contributed by atoms with van der Waals surface area (Å²) >= 11 is 3.41. The number of benzene rings is 2. The molecule has 3 rings (SSSR count). The first kappa shape index (κ1) is 13.8. The van der Waals surface area contributed by atoms with E-state index in [9.17, 15) is 4.39 Å². The summed E-state index contributed by atoms with van der Waals surface area (Å²) in [5.41, 5.74) is 9.29. The highest BCUT2D eigenvalue weighted by molar-refractivity contribution is 9.10. The molecule has 5 heteroatoms. The predicted octanol–water partition coefficient (Wildman–Crippen LogP) is 4.24. The summed E-state index contributed by atoms with van der Waals surface area (Å²) in [6.45, 7) is 0. The third-order valence-corrected chi connectivity index (χ3v) is 3.85. The van der Waals surface area contributed by atoms with Crippen molar-refractivity contribution >= 4 is 21.7 Å². The molecule has 0 amide bonds. The van der Waals surface area contributed by atoms with Crippen LogP contribution in [0.15, 0.2) is 53.0 Å². The molecule has 0 bridgehead atoms. The Kier molecular flexibility index (Phi) is 3.51. The van der Waals surface area contributed by atoms with E-state index in [0.717, 1.165) is 15.6 Å². The Morgan fingerprint density at radius 2 is 1.81 bits per heavy atom. The van der Waals surface area contributed by atoms with Crippen LogP contribution in [0.2, 0.25) is 0 Å². The predicted molar refractivity (Wildman–Crippen MR) is 86.2 cm³/mol. The SMILES string of the molecule is Cn1nc(-c2cccc(F)c2)c(-c2ccc(Br)cc2)c1N. The van der Waals surface area contributed by atoms with Crippen LogP contribution in [-0.2, 0) is 7.05 Å². The molecule has 0 spiro atoms. The van der Waals surface area contributed by atoms with Crippen LogP contribution >= 0.6 is 15.9 Å². The zero-order valence-corrected chi connectivity index (χ0v) is 12.9. The van der Waals surface area contributed by atoms with E-state index in [4.69, 9.17) is 5.73 Å². The van der Waals surface area contributed by atoms with Gasteiger partial charge in [-0.3, -0.25) is 4.68 Å². The summed E-state index contributed by atoms with van der Waals surface area (Å²) in [6, 6.07) is 14.2. The van der Waals surface area contributed by atoms with Crippen molar-refractivity contribution in [2.75, 3.05) is 5.73 Å². The minimum Gasteiger partial charge on any atom is -0.383 e. The Hall–Kier alpha value is -2.14. The lowest BCUT2D eigenvalue weighted by Crippen LogP contribution is -1.97. The normalized spacial score (nSPS) is 10.8. The quantitative estimate of drug-likeness (QED) is 0.754. The molecule has 21 heavy (non-hydrogen) atoms. The zero-order chi connectivity index (χ0) is 15.0. The number of halogens is 2. The Labute approximate surface area is 130 Å². The van der Waals surface area contributed by atoms with Gasteiger partial charge in [-0.2, -0.15) is 5.10 Å². The molecule has 3 nitrogen and oxygen atoms in total. The number of aryl methyl sites for hydroxylation is 1. The molecule has 3 aromatic rings. The minimum atomic E-state index is -0.293. The van der Waals surface area contributed by atoms with Gasteiger partial charge in [0.2, 0.25) is 0 Å². The molecule has 0 radical (unpaired) electrons. The topological polar surface area (TPSA) is 43.8 Å². The zero-order valence-electron chi connectivity index (χ0n) is 11.3. The standard InChI is InChI=1S/C16H13BrFN3/c1-21-16(19)14(10-5-7-12(17)8-6-10)15(20-21)11-3-2-4-13(18)9-11/h2-9H,19H2,1H3. The second-order valence-electron chi connectivity index (χ2n) is 4.75. The van der Waals surface area contributed by atoms with Crippen LogP contribution in [0.25, 0.3) is 22.4 Å². The van der Waals surface area contributed by atoms with Crippen molar-refractivity contribution < 1.29 is 4.39 Å². The minimum absolute atomic E-state index is 0.293. The molecule has 0 unspecified atom stereocenters. The Morgan fingerprint density at radius 3 is 2.48 bits per heavy atom. The van der Waals surface area contributed by atoms with E-state index in [-0.39, 0.29) is 5.82 Å². The second-order valence-corrected chi connectivity index (χ2v) is 5.67. The largest absolute Gasteiger partial charge is 0.383 e. The number of anilines is 1. The summed E-state index contributed by atoms with van der Waals surface area (Å²) in [6.07, 6.45) is 0. The lowest BCUT2D eigenvalue weighted by Gasteiger charge is -2.05. The number of nitrogen functional groups attached to an aromatic ring is 1. The summed E-state index contributed by atoms with van der Waals surface area (Å²) in [4.78, 5) is 0. The van der Waals surface area contributed by atoms with E-state index < -0.39 is 0 Å². The first-order valence-corrected chi connectivity index (χ1v) is 7.20. The number of hydrogen-bond donors (Lipinski definition) is 1. The van der Waals surface area contributed by atoms with Crippen molar-refractivity contribution in [3.8, 4) is 22.4 Å². The molecule has 0 saturated carbocycles. The number of rotatable bonds is 2. The molecule has 1 heterocycles. The van der Waals surface area contributed by atoms with E-state index in [0.29, 0.717) is 17.1 Å². The van der Waals surface area contributed by atoms with E-state index in [1.165, 1.54) is 12.1 Å². The smallest absolute Gasteiger partial charge is 0.129 e. The van der Waals surface area contributed by atoms with Crippen molar-refractivity contribution in [3.63, 3.8) is 0 Å². The summed E-state index contributed by atoms with van der Waals surface area (Å²) in [5, 5.41) is 4.43. The van der Waals surface area contributed by atoms with Crippen LogP contribution in [-0.4, -0.2) is 9.78 Å². The molecule has 0 atom stereocenters. The first-order chi connectivity index (χ1) is 10.1. The maximum absolute atomic E-state index is 13.5. The lowest BCUT2D eigenvalue weighted by molar-refractivity contribution is 0.628. The fourth-order valence-corrected chi connectivity index (χ4v) is 2.54. The summed E-state index contributed by atoms with van der Waals surface area (Å²) in [7, 11) is 1.78. The molecule has 0 aliphatic heterocycles. The van der Waals surface area contributed by atoms with Crippen molar-refractivity contribution in [3.05, 3.63) is 58.8 Å². The van der Waals surface area contributed by atoms with Gasteiger partial charge >= 0.3 is 0 Å². The van der Waals surface area contributed by atoms with Crippen molar-refractivity contribution in [2.24, 2.45) is 7.05 Å². The molecule has 2 aromatic carbocycles. The highest BCUT2D eigenvalue weighted by Gasteiger charge is 2.17.